The third-order valence-corrected chi connectivity index (χ3v) is 4.15. The molecule has 11 heavy (non-hydrogen) atoms. The van der Waals surface area contributed by atoms with Crippen LogP contribution >= 0.6 is 58.0 Å². The van der Waals surface area contributed by atoms with Crippen LogP contribution in [0.25, 0.3) is 0 Å². The summed E-state index contributed by atoms with van der Waals surface area (Å²) in [5, 5.41) is 1.01. The van der Waals surface area contributed by atoms with Crippen molar-refractivity contribution in [3.8, 4) is 0 Å². The minimum absolute atomic E-state index is 0.232. The molecule has 0 aromatic heterocycles. The molecule has 0 saturated heterocycles. The lowest BCUT2D eigenvalue weighted by molar-refractivity contribution is 0.966. The van der Waals surface area contributed by atoms with Gasteiger partial charge >= 0.3 is 0 Å². The molecule has 0 amide bonds. The van der Waals surface area contributed by atoms with Crippen molar-refractivity contribution in [1.82, 2.24) is 0 Å². The molecule has 5 heteroatoms. The number of hydrogen-bond acceptors (Lipinski definition) is 0. The molecule has 0 aromatic rings. The van der Waals surface area contributed by atoms with E-state index in [4.69, 9.17) is 58.0 Å². The molecular formula is C6H3Cl5. The van der Waals surface area contributed by atoms with Crippen molar-refractivity contribution in [3.63, 3.8) is 0 Å². The molecule has 0 N–H and O–H groups in total. The first kappa shape index (κ1) is 10.0. The predicted octanol–water partition coefficient (Wildman–Crippen LogP) is 4.38. The van der Waals surface area contributed by atoms with Crippen molar-refractivity contribution in [2.24, 2.45) is 0 Å². The number of rotatable bonds is 0. The van der Waals surface area contributed by atoms with E-state index >= 15 is 0 Å². The zero-order valence-electron chi connectivity index (χ0n) is 5.39. The smallest absolute Gasteiger partial charge is 0.107 e. The zero-order chi connectivity index (χ0) is 8.81. The molecule has 0 atom stereocenters. The van der Waals surface area contributed by atoms with Gasteiger partial charge in [-0.1, -0.05) is 46.4 Å². The molecule has 0 radical (unpaired) electrons. The summed E-state index contributed by atoms with van der Waals surface area (Å²) in [7, 11) is 0. The molecule has 1 aliphatic carbocycles. The minimum Gasteiger partial charge on any atom is -0.107 e. The first-order valence-electron chi connectivity index (χ1n) is 2.69. The lowest BCUT2D eigenvalue weighted by Gasteiger charge is -2.14. The van der Waals surface area contributed by atoms with Gasteiger partial charge in [0.05, 0.1) is 20.1 Å². The molecule has 0 aromatic carbocycles. The van der Waals surface area contributed by atoms with Gasteiger partial charge in [-0.25, -0.2) is 0 Å². The maximum atomic E-state index is 5.91. The van der Waals surface area contributed by atoms with Crippen LogP contribution < -0.4 is 0 Å². The second-order valence-electron chi connectivity index (χ2n) is 2.26. The van der Waals surface area contributed by atoms with E-state index in [0.29, 0.717) is 0 Å². The van der Waals surface area contributed by atoms with E-state index in [2.05, 4.69) is 0 Å². The van der Waals surface area contributed by atoms with Gasteiger partial charge in [0.15, 0.2) is 0 Å². The Bertz CT molecular complexity index is 234. The van der Waals surface area contributed by atoms with E-state index in [1.165, 1.54) is 0 Å². The van der Waals surface area contributed by atoms with Gasteiger partial charge in [-0.05, 0) is 6.92 Å². The molecule has 1 rings (SSSR count). The quantitative estimate of drug-likeness (QED) is 0.561. The van der Waals surface area contributed by atoms with Gasteiger partial charge in [0, 0.05) is 0 Å². The lowest BCUT2D eigenvalue weighted by atomic mass is 10.2. The number of alkyl halides is 1. The van der Waals surface area contributed by atoms with E-state index < -0.39 is 4.87 Å². The topological polar surface area (TPSA) is 0 Å². The average Bonchev–Trinajstić information content (AvgIpc) is 2.06. The van der Waals surface area contributed by atoms with Gasteiger partial charge in [-0.15, -0.1) is 11.6 Å². The molecular weight excluding hydrogens is 249 g/mol. The van der Waals surface area contributed by atoms with Crippen molar-refractivity contribution in [2.45, 2.75) is 11.8 Å². The number of allylic oxidation sites excluding steroid dienone is 4. The second-order valence-corrected chi connectivity index (χ2v) is 4.53. The zero-order valence-corrected chi connectivity index (χ0v) is 9.17. The predicted molar refractivity (Wildman–Crippen MR) is 51.7 cm³/mol. The summed E-state index contributed by atoms with van der Waals surface area (Å²) >= 11 is 28.8. The van der Waals surface area contributed by atoms with Crippen LogP contribution in [-0.4, -0.2) is 4.87 Å². The van der Waals surface area contributed by atoms with E-state index in [1.54, 1.807) is 6.92 Å². The molecule has 0 saturated carbocycles. The van der Waals surface area contributed by atoms with Crippen LogP contribution in [0.4, 0.5) is 0 Å². The minimum atomic E-state index is -0.947. The Morgan fingerprint density at radius 2 is 1.18 bits per heavy atom. The Balaban J connectivity index is 3.27. The maximum Gasteiger partial charge on any atom is 0.116 e. The third kappa shape index (κ3) is 1.40. The van der Waals surface area contributed by atoms with E-state index in [9.17, 15) is 0 Å². The average molecular weight is 252 g/mol. The summed E-state index contributed by atoms with van der Waals surface area (Å²) < 4.78 is 0. The number of hydrogen-bond donors (Lipinski definition) is 0. The van der Waals surface area contributed by atoms with Gasteiger partial charge in [0.25, 0.3) is 0 Å². The highest BCUT2D eigenvalue weighted by atomic mass is 35.5. The van der Waals surface area contributed by atoms with E-state index in [0.717, 1.165) is 0 Å². The van der Waals surface area contributed by atoms with Crippen LogP contribution in [0.2, 0.25) is 0 Å². The normalized spacial score (nSPS) is 23.5. The Morgan fingerprint density at radius 3 is 1.27 bits per heavy atom. The Hall–Kier alpha value is 0.930. The highest BCUT2D eigenvalue weighted by Crippen LogP contribution is 2.51. The van der Waals surface area contributed by atoms with Gasteiger partial charge in [0.1, 0.15) is 4.87 Å². The molecule has 0 heterocycles. The Kier molecular flexibility index (Phi) is 2.74. The van der Waals surface area contributed by atoms with Gasteiger partial charge in [-0.3, -0.25) is 0 Å². The van der Waals surface area contributed by atoms with Gasteiger partial charge in [-0.2, -0.15) is 0 Å². The van der Waals surface area contributed by atoms with Crippen molar-refractivity contribution in [2.75, 3.05) is 0 Å². The fraction of sp³-hybridized carbons (Fsp3) is 0.333. The van der Waals surface area contributed by atoms with Crippen LogP contribution in [0.15, 0.2) is 20.1 Å². The molecule has 0 fully saturated rings. The van der Waals surface area contributed by atoms with Gasteiger partial charge < -0.3 is 0 Å². The van der Waals surface area contributed by atoms with Crippen LogP contribution in [0.1, 0.15) is 6.92 Å². The van der Waals surface area contributed by atoms with Crippen molar-refractivity contribution in [1.29, 1.82) is 0 Å². The molecule has 0 nitrogen and oxygen atoms in total. The van der Waals surface area contributed by atoms with Crippen molar-refractivity contribution >= 4 is 58.0 Å². The summed E-state index contributed by atoms with van der Waals surface area (Å²) in [6.07, 6.45) is 0. The van der Waals surface area contributed by atoms with Gasteiger partial charge in [0.2, 0.25) is 0 Å². The fourth-order valence-electron chi connectivity index (χ4n) is 0.701. The SMILES string of the molecule is CC1(Cl)C(Cl)=C(Cl)C(Cl)=C1Cl. The molecule has 62 valence electrons. The van der Waals surface area contributed by atoms with Crippen LogP contribution in [0.5, 0.6) is 0 Å². The molecule has 0 unspecified atom stereocenters. The van der Waals surface area contributed by atoms with Crippen LogP contribution in [0.3, 0.4) is 0 Å². The molecule has 1 aliphatic rings. The van der Waals surface area contributed by atoms with Crippen LogP contribution in [-0.2, 0) is 0 Å². The van der Waals surface area contributed by atoms with E-state index in [1.807, 2.05) is 0 Å². The molecule has 0 bridgehead atoms. The molecule has 0 aliphatic heterocycles. The summed E-state index contributed by atoms with van der Waals surface area (Å²) in [4.78, 5) is -0.947. The first-order chi connectivity index (χ1) is 4.89. The maximum absolute atomic E-state index is 5.91. The second kappa shape index (κ2) is 3.01. The Morgan fingerprint density at radius 1 is 0.909 bits per heavy atom. The molecule has 0 spiro atoms. The monoisotopic (exact) mass is 250 g/mol. The fourth-order valence-corrected chi connectivity index (χ4v) is 2.08. The third-order valence-electron chi connectivity index (χ3n) is 1.40. The van der Waals surface area contributed by atoms with Crippen LogP contribution in [0, 0.1) is 0 Å². The highest BCUT2D eigenvalue weighted by Gasteiger charge is 2.39. The van der Waals surface area contributed by atoms with Crippen molar-refractivity contribution in [3.05, 3.63) is 20.1 Å². The Labute approximate surface area is 89.7 Å². The lowest BCUT2D eigenvalue weighted by Crippen LogP contribution is -2.13. The number of halogens is 5. The largest absolute Gasteiger partial charge is 0.116 e. The first-order valence-corrected chi connectivity index (χ1v) is 4.58. The summed E-state index contributed by atoms with van der Waals surface area (Å²) in [5.74, 6) is 0. The standard InChI is InChI=1S/C6H3Cl5/c1-6(11)4(9)2(7)3(8)5(6)10/h1H3. The summed E-state index contributed by atoms with van der Waals surface area (Å²) in [5.41, 5.74) is 0. The summed E-state index contributed by atoms with van der Waals surface area (Å²) in [6.45, 7) is 1.64. The highest BCUT2D eigenvalue weighted by molar-refractivity contribution is 6.58. The summed E-state index contributed by atoms with van der Waals surface area (Å²) in [6, 6.07) is 0. The van der Waals surface area contributed by atoms with E-state index in [-0.39, 0.29) is 20.1 Å². The van der Waals surface area contributed by atoms with Crippen molar-refractivity contribution < 1.29 is 0 Å².